The van der Waals surface area contributed by atoms with Gasteiger partial charge in [-0.25, -0.2) is 13.1 Å². The maximum absolute atomic E-state index is 12.3. The van der Waals surface area contributed by atoms with Gasteiger partial charge in [-0.05, 0) is 11.5 Å². The summed E-state index contributed by atoms with van der Waals surface area (Å²) in [4.78, 5) is 9.84. The van der Waals surface area contributed by atoms with Crippen molar-refractivity contribution in [3.05, 3.63) is 34.4 Å². The Morgan fingerprint density at radius 1 is 1.35 bits per heavy atom. The Morgan fingerprint density at radius 3 is 2.35 bits per heavy atom. The van der Waals surface area contributed by atoms with Gasteiger partial charge in [0, 0.05) is 18.7 Å². The van der Waals surface area contributed by atoms with Gasteiger partial charge in [-0.3, -0.25) is 10.1 Å². The number of nitrogens with two attached hydrogens (primary N) is 1. The second-order valence-electron chi connectivity index (χ2n) is 5.50. The first-order chi connectivity index (χ1) is 9.09. The highest BCUT2D eigenvalue weighted by molar-refractivity contribution is 7.89. The van der Waals surface area contributed by atoms with Gasteiger partial charge in [-0.2, -0.15) is 0 Å². The number of sulfonamides is 1. The summed E-state index contributed by atoms with van der Waals surface area (Å²) in [5.74, 6) is 0. The molecular formula is C12H19N3O4S. The molecule has 1 rings (SSSR count). The molecule has 1 aromatic rings. The highest BCUT2D eigenvalue weighted by atomic mass is 32.2. The minimum atomic E-state index is -4.00. The highest BCUT2D eigenvalue weighted by Gasteiger charge is 2.32. The van der Waals surface area contributed by atoms with Crippen LogP contribution >= 0.6 is 0 Å². The van der Waals surface area contributed by atoms with Crippen LogP contribution in [0, 0.1) is 15.5 Å². The third-order valence-electron chi connectivity index (χ3n) is 2.93. The fourth-order valence-electron chi connectivity index (χ4n) is 1.66. The highest BCUT2D eigenvalue weighted by Crippen LogP contribution is 2.25. The van der Waals surface area contributed by atoms with Crippen molar-refractivity contribution in [2.45, 2.75) is 31.7 Å². The molecular weight excluding hydrogens is 282 g/mol. The number of hydrogen-bond acceptors (Lipinski definition) is 5. The summed E-state index contributed by atoms with van der Waals surface area (Å²) in [6.45, 7) is 5.62. The van der Waals surface area contributed by atoms with Gasteiger partial charge in [0.2, 0.25) is 10.0 Å². The lowest BCUT2D eigenvalue weighted by Gasteiger charge is -2.29. The van der Waals surface area contributed by atoms with Crippen molar-refractivity contribution in [1.29, 1.82) is 0 Å². The van der Waals surface area contributed by atoms with Gasteiger partial charge in [-0.15, -0.1) is 0 Å². The summed E-state index contributed by atoms with van der Waals surface area (Å²) < 4.78 is 27.0. The SMILES string of the molecule is CC(C)(C)C(CN)NS(=O)(=O)c1ccccc1[N+](=O)[O-]. The minimum Gasteiger partial charge on any atom is -0.329 e. The van der Waals surface area contributed by atoms with Crippen molar-refractivity contribution >= 4 is 15.7 Å². The van der Waals surface area contributed by atoms with Crippen LogP contribution in [0.3, 0.4) is 0 Å². The van der Waals surface area contributed by atoms with Crippen LogP contribution in [0.25, 0.3) is 0 Å². The zero-order chi connectivity index (χ0) is 15.6. The van der Waals surface area contributed by atoms with Crippen molar-refractivity contribution < 1.29 is 13.3 Å². The molecule has 0 amide bonds. The second kappa shape index (κ2) is 5.86. The van der Waals surface area contributed by atoms with Crippen LogP contribution < -0.4 is 10.5 Å². The summed E-state index contributed by atoms with van der Waals surface area (Å²) in [5.41, 5.74) is 4.73. The molecule has 0 radical (unpaired) electrons. The van der Waals surface area contributed by atoms with Crippen molar-refractivity contribution in [3.63, 3.8) is 0 Å². The average Bonchev–Trinajstić information content (AvgIpc) is 2.34. The van der Waals surface area contributed by atoms with E-state index >= 15 is 0 Å². The van der Waals surface area contributed by atoms with Crippen LogP contribution in [-0.2, 0) is 10.0 Å². The van der Waals surface area contributed by atoms with Gasteiger partial charge in [-0.1, -0.05) is 32.9 Å². The number of hydrogen-bond donors (Lipinski definition) is 2. The Morgan fingerprint density at radius 2 is 1.90 bits per heavy atom. The third-order valence-corrected chi connectivity index (χ3v) is 4.45. The van der Waals surface area contributed by atoms with E-state index in [4.69, 9.17) is 5.73 Å². The van der Waals surface area contributed by atoms with Crippen molar-refractivity contribution in [1.82, 2.24) is 4.72 Å². The van der Waals surface area contributed by atoms with E-state index in [1.54, 1.807) is 0 Å². The number of rotatable bonds is 5. The lowest BCUT2D eigenvalue weighted by atomic mass is 9.88. The van der Waals surface area contributed by atoms with Crippen LogP contribution in [-0.4, -0.2) is 25.9 Å². The predicted octanol–water partition coefficient (Wildman–Crippen LogP) is 1.25. The molecule has 0 bridgehead atoms. The molecule has 0 aromatic heterocycles. The van der Waals surface area contributed by atoms with Crippen LogP contribution in [0.2, 0.25) is 0 Å². The second-order valence-corrected chi connectivity index (χ2v) is 7.18. The topological polar surface area (TPSA) is 115 Å². The van der Waals surface area contributed by atoms with Crippen molar-refractivity contribution in [2.75, 3.05) is 6.54 Å². The molecule has 0 aliphatic carbocycles. The zero-order valence-electron chi connectivity index (χ0n) is 11.7. The average molecular weight is 301 g/mol. The molecule has 112 valence electrons. The predicted molar refractivity (Wildman–Crippen MR) is 75.7 cm³/mol. The Hall–Kier alpha value is -1.51. The van der Waals surface area contributed by atoms with Gasteiger partial charge in [0.1, 0.15) is 0 Å². The van der Waals surface area contributed by atoms with Crippen LogP contribution in [0.15, 0.2) is 29.2 Å². The zero-order valence-corrected chi connectivity index (χ0v) is 12.5. The summed E-state index contributed by atoms with van der Waals surface area (Å²) in [6.07, 6.45) is 0. The van der Waals surface area contributed by atoms with E-state index in [0.717, 1.165) is 6.07 Å². The maximum Gasteiger partial charge on any atom is 0.289 e. The fourth-order valence-corrected chi connectivity index (χ4v) is 3.29. The monoisotopic (exact) mass is 301 g/mol. The Kier molecular flexibility index (Phi) is 4.85. The van der Waals surface area contributed by atoms with E-state index in [2.05, 4.69) is 4.72 Å². The van der Waals surface area contributed by atoms with Gasteiger partial charge in [0.05, 0.1) is 4.92 Å². The standard InChI is InChI=1S/C12H19N3O4S/c1-12(2,3)11(8-13)14-20(18,19)10-7-5-4-6-9(10)15(16)17/h4-7,11,14H,8,13H2,1-3H3. The molecule has 0 aliphatic rings. The Balaban J connectivity index is 3.22. The summed E-state index contributed by atoms with van der Waals surface area (Å²) in [5, 5.41) is 10.9. The first kappa shape index (κ1) is 16.5. The Labute approximate surface area is 118 Å². The first-order valence-electron chi connectivity index (χ1n) is 6.05. The number of nitrogens with zero attached hydrogens (tertiary/aromatic N) is 1. The summed E-state index contributed by atoms with van der Waals surface area (Å²) in [6, 6.07) is 4.70. The van der Waals surface area contributed by atoms with E-state index < -0.39 is 32.1 Å². The molecule has 3 N–H and O–H groups in total. The molecule has 20 heavy (non-hydrogen) atoms. The van der Waals surface area contributed by atoms with E-state index in [0.29, 0.717) is 0 Å². The third kappa shape index (κ3) is 3.75. The number of nitro groups is 1. The van der Waals surface area contributed by atoms with E-state index in [1.165, 1.54) is 18.2 Å². The molecule has 7 nitrogen and oxygen atoms in total. The number of nitro benzene ring substituents is 1. The molecule has 1 atom stereocenters. The van der Waals surface area contributed by atoms with E-state index in [1.807, 2.05) is 20.8 Å². The number of benzene rings is 1. The van der Waals surface area contributed by atoms with Gasteiger partial charge < -0.3 is 5.73 Å². The normalized spacial score (nSPS) is 14.0. The van der Waals surface area contributed by atoms with E-state index in [9.17, 15) is 18.5 Å². The number of para-hydroxylation sites is 1. The summed E-state index contributed by atoms with van der Waals surface area (Å²) in [7, 11) is -4.00. The molecule has 0 heterocycles. The Bertz CT molecular complexity index is 593. The lowest BCUT2D eigenvalue weighted by Crippen LogP contribution is -2.48. The number of nitrogens with one attached hydrogen (secondary N) is 1. The first-order valence-corrected chi connectivity index (χ1v) is 7.53. The molecule has 1 aromatic carbocycles. The smallest absolute Gasteiger partial charge is 0.289 e. The molecule has 8 heteroatoms. The van der Waals surface area contributed by atoms with Gasteiger partial charge >= 0.3 is 0 Å². The fraction of sp³-hybridized carbons (Fsp3) is 0.500. The van der Waals surface area contributed by atoms with Crippen LogP contribution in [0.4, 0.5) is 5.69 Å². The molecule has 1 unspecified atom stereocenters. The largest absolute Gasteiger partial charge is 0.329 e. The van der Waals surface area contributed by atoms with Gasteiger partial charge in [0.15, 0.2) is 4.90 Å². The summed E-state index contributed by atoms with van der Waals surface area (Å²) >= 11 is 0. The molecule has 0 saturated carbocycles. The molecule has 0 fully saturated rings. The molecule has 0 saturated heterocycles. The van der Waals surface area contributed by atoms with Crippen LogP contribution in [0.1, 0.15) is 20.8 Å². The van der Waals surface area contributed by atoms with Crippen molar-refractivity contribution in [2.24, 2.45) is 11.1 Å². The van der Waals surface area contributed by atoms with Crippen molar-refractivity contribution in [3.8, 4) is 0 Å². The van der Waals surface area contributed by atoms with Crippen LogP contribution in [0.5, 0.6) is 0 Å². The maximum atomic E-state index is 12.3. The molecule has 0 spiro atoms. The minimum absolute atomic E-state index is 0.101. The quantitative estimate of drug-likeness (QED) is 0.627. The van der Waals surface area contributed by atoms with Gasteiger partial charge in [0.25, 0.3) is 5.69 Å². The molecule has 0 aliphatic heterocycles. The lowest BCUT2D eigenvalue weighted by molar-refractivity contribution is -0.387. The van der Waals surface area contributed by atoms with E-state index in [-0.39, 0.29) is 11.4 Å².